The van der Waals surface area contributed by atoms with Gasteiger partial charge in [0.15, 0.2) is 23.0 Å². The van der Waals surface area contributed by atoms with Crippen molar-refractivity contribution in [3.05, 3.63) is 54.1 Å². The second-order valence-electron chi connectivity index (χ2n) is 8.45. The third-order valence-electron chi connectivity index (χ3n) is 5.87. The molecule has 16 heteroatoms. The van der Waals surface area contributed by atoms with Gasteiger partial charge in [0.25, 0.3) is 5.91 Å². The number of urea groups is 2. The zero-order chi connectivity index (χ0) is 32.2. The summed E-state index contributed by atoms with van der Waals surface area (Å²) in [6, 6.07) is 10.4. The normalized spacial score (nSPS) is 9.95. The smallest absolute Gasteiger partial charge is 0.338 e. The van der Waals surface area contributed by atoms with Crippen molar-refractivity contribution in [2.45, 2.75) is 0 Å². The van der Waals surface area contributed by atoms with E-state index in [9.17, 15) is 19.2 Å². The number of nitrogens with one attached hydrogen (secondary N) is 5. The number of hydrogen-bond donors (Lipinski definition) is 5. The highest BCUT2D eigenvalue weighted by Gasteiger charge is 2.19. The Morgan fingerprint density at radius 1 is 0.614 bits per heavy atom. The lowest BCUT2D eigenvalue weighted by Crippen LogP contribution is -2.44. The molecule has 234 valence electrons. The highest BCUT2D eigenvalue weighted by Crippen LogP contribution is 2.41. The largest absolute Gasteiger partial charge is 0.493 e. The number of anilines is 3. The molecule has 0 radical (unpaired) electrons. The Hall–Kier alpha value is -6.06. The molecule has 0 aliphatic rings. The van der Waals surface area contributed by atoms with Gasteiger partial charge in [-0.05, 0) is 36.4 Å². The number of nitrogens with zero attached hydrogens (tertiary/aromatic N) is 1. The Balaban J connectivity index is 1.56. The molecule has 0 saturated carbocycles. The maximum Gasteiger partial charge on any atom is 0.338 e. The number of rotatable bonds is 12. The first-order chi connectivity index (χ1) is 21.2. The highest BCUT2D eigenvalue weighted by molar-refractivity contribution is 5.98. The molecule has 0 unspecified atom stereocenters. The molecule has 0 aromatic heterocycles. The number of amides is 6. The van der Waals surface area contributed by atoms with Crippen molar-refractivity contribution in [2.75, 3.05) is 58.3 Å². The second kappa shape index (κ2) is 15.2. The van der Waals surface area contributed by atoms with Gasteiger partial charge in [0, 0.05) is 29.1 Å². The monoisotopic (exact) mass is 612 g/mol. The SMILES string of the molecule is COc1cc(C(=O)NNC(=O)Nc2ccc(NC(=O)NN(C=O)c3cc(OC)c(OC)c(OC)c3)cc2)cc(OC)c1OC. The van der Waals surface area contributed by atoms with Crippen LogP contribution in [0.25, 0.3) is 0 Å². The number of hydrogen-bond acceptors (Lipinski definition) is 10. The van der Waals surface area contributed by atoms with Crippen molar-refractivity contribution in [1.82, 2.24) is 16.3 Å². The average Bonchev–Trinajstić information content (AvgIpc) is 3.05. The van der Waals surface area contributed by atoms with Crippen LogP contribution in [0.4, 0.5) is 26.7 Å². The van der Waals surface area contributed by atoms with Crippen molar-refractivity contribution in [3.63, 3.8) is 0 Å². The van der Waals surface area contributed by atoms with E-state index in [1.165, 1.54) is 91.2 Å². The van der Waals surface area contributed by atoms with Gasteiger partial charge in [-0.3, -0.25) is 15.0 Å². The minimum atomic E-state index is -0.740. The summed E-state index contributed by atoms with van der Waals surface area (Å²) in [7, 11) is 8.54. The molecule has 44 heavy (non-hydrogen) atoms. The lowest BCUT2D eigenvalue weighted by molar-refractivity contribution is -0.107. The minimum Gasteiger partial charge on any atom is -0.493 e. The molecule has 0 atom stereocenters. The Morgan fingerprint density at radius 3 is 1.45 bits per heavy atom. The Morgan fingerprint density at radius 2 is 1.05 bits per heavy atom. The zero-order valence-electron chi connectivity index (χ0n) is 24.7. The first-order valence-corrected chi connectivity index (χ1v) is 12.6. The number of ether oxygens (including phenoxy) is 6. The average molecular weight is 613 g/mol. The van der Waals surface area contributed by atoms with Crippen LogP contribution < -0.4 is 60.3 Å². The molecule has 5 N–H and O–H groups in total. The Kier molecular flexibility index (Phi) is 11.2. The summed E-state index contributed by atoms with van der Waals surface area (Å²) in [4.78, 5) is 49.2. The summed E-state index contributed by atoms with van der Waals surface area (Å²) in [5.41, 5.74) is 8.01. The topological polar surface area (TPSA) is 187 Å². The van der Waals surface area contributed by atoms with Crippen LogP contribution in [-0.4, -0.2) is 67.0 Å². The highest BCUT2D eigenvalue weighted by atomic mass is 16.5. The molecule has 0 fully saturated rings. The van der Waals surface area contributed by atoms with Gasteiger partial charge < -0.3 is 39.1 Å². The van der Waals surface area contributed by atoms with Gasteiger partial charge >= 0.3 is 12.1 Å². The van der Waals surface area contributed by atoms with E-state index >= 15 is 0 Å². The van der Waals surface area contributed by atoms with E-state index in [-0.39, 0.29) is 34.2 Å². The zero-order valence-corrected chi connectivity index (χ0v) is 24.7. The molecule has 0 aliphatic carbocycles. The van der Waals surface area contributed by atoms with E-state index in [0.717, 1.165) is 5.01 Å². The summed E-state index contributed by atoms with van der Waals surface area (Å²) < 4.78 is 31.5. The van der Waals surface area contributed by atoms with Gasteiger partial charge in [-0.25, -0.2) is 25.4 Å². The van der Waals surface area contributed by atoms with Crippen molar-refractivity contribution < 1.29 is 47.6 Å². The summed E-state index contributed by atoms with van der Waals surface area (Å²) in [6.07, 6.45) is 0.395. The van der Waals surface area contributed by atoms with Crippen LogP contribution in [0.3, 0.4) is 0 Å². The number of carbonyl (C=O) groups excluding carboxylic acids is 4. The summed E-state index contributed by atoms with van der Waals surface area (Å²) >= 11 is 0. The fourth-order valence-corrected chi connectivity index (χ4v) is 3.82. The molecule has 0 heterocycles. The van der Waals surface area contributed by atoms with Crippen LogP contribution in [0.2, 0.25) is 0 Å². The number of hydrazine groups is 2. The molecule has 6 amide bonds. The van der Waals surface area contributed by atoms with Crippen molar-refractivity contribution >= 4 is 41.4 Å². The molecule has 3 rings (SSSR count). The maximum atomic E-state index is 12.6. The minimum absolute atomic E-state index is 0.145. The summed E-state index contributed by atoms with van der Waals surface area (Å²) in [5, 5.41) is 6.03. The predicted octanol–water partition coefficient (Wildman–Crippen LogP) is 2.90. The van der Waals surface area contributed by atoms with Gasteiger partial charge in [0.05, 0.1) is 48.3 Å². The number of benzene rings is 3. The van der Waals surface area contributed by atoms with Gasteiger partial charge in [-0.1, -0.05) is 0 Å². The summed E-state index contributed by atoms with van der Waals surface area (Å²) in [6.45, 7) is 0. The molecule has 16 nitrogen and oxygen atoms in total. The Labute approximate surface area is 252 Å². The number of carbonyl (C=O) groups is 4. The standard InChI is InChI=1S/C28H32N6O10/c1-39-20-11-16(12-21(40-2)24(20)43-5)26(36)31-32-27(37)29-17-7-9-18(10-8-17)30-28(38)33-34(15-35)19-13-22(41-3)25(44-6)23(14-19)42-4/h7-15H,1-6H3,(H,31,36)(H2,29,32,37)(H2,30,33,38). The fraction of sp³-hybridized carbons (Fsp3) is 0.214. The van der Waals surface area contributed by atoms with Crippen LogP contribution in [0, 0.1) is 0 Å². The maximum absolute atomic E-state index is 12.6. The predicted molar refractivity (Wildman–Crippen MR) is 159 cm³/mol. The molecule has 0 aliphatic heterocycles. The summed E-state index contributed by atoms with van der Waals surface area (Å²) in [5.74, 6) is 1.09. The van der Waals surface area contributed by atoms with Gasteiger partial charge in [-0.15, -0.1) is 0 Å². The second-order valence-corrected chi connectivity index (χ2v) is 8.45. The molecule has 0 spiro atoms. The first-order valence-electron chi connectivity index (χ1n) is 12.6. The lowest BCUT2D eigenvalue weighted by Gasteiger charge is -2.21. The van der Waals surface area contributed by atoms with Crippen molar-refractivity contribution in [1.29, 1.82) is 0 Å². The van der Waals surface area contributed by atoms with Crippen LogP contribution in [-0.2, 0) is 4.79 Å². The fourth-order valence-electron chi connectivity index (χ4n) is 3.82. The van der Waals surface area contributed by atoms with Crippen LogP contribution in [0.1, 0.15) is 10.4 Å². The van der Waals surface area contributed by atoms with Gasteiger partial charge in [0.2, 0.25) is 17.9 Å². The van der Waals surface area contributed by atoms with E-state index in [1.807, 2.05) is 0 Å². The molecular weight excluding hydrogens is 580 g/mol. The van der Waals surface area contributed by atoms with E-state index in [1.54, 1.807) is 0 Å². The lowest BCUT2D eigenvalue weighted by atomic mass is 10.1. The van der Waals surface area contributed by atoms with Crippen LogP contribution in [0.15, 0.2) is 48.5 Å². The third-order valence-corrected chi connectivity index (χ3v) is 5.87. The molecule has 3 aromatic carbocycles. The molecule has 0 bridgehead atoms. The van der Waals surface area contributed by atoms with Crippen LogP contribution in [0.5, 0.6) is 34.5 Å². The quantitative estimate of drug-likeness (QED) is 0.150. The molecule has 0 saturated heterocycles. The number of methoxy groups -OCH3 is 6. The first kappa shape index (κ1) is 32.5. The van der Waals surface area contributed by atoms with Crippen LogP contribution >= 0.6 is 0 Å². The van der Waals surface area contributed by atoms with Gasteiger partial charge in [0.1, 0.15) is 0 Å². The third kappa shape index (κ3) is 7.81. The van der Waals surface area contributed by atoms with E-state index in [2.05, 4.69) is 26.9 Å². The van der Waals surface area contributed by atoms with E-state index in [4.69, 9.17) is 28.4 Å². The van der Waals surface area contributed by atoms with E-state index < -0.39 is 18.0 Å². The molecule has 3 aromatic rings. The van der Waals surface area contributed by atoms with Crippen molar-refractivity contribution in [2.24, 2.45) is 0 Å². The molecular formula is C28H32N6O10. The van der Waals surface area contributed by atoms with Gasteiger partial charge in [-0.2, -0.15) is 0 Å². The van der Waals surface area contributed by atoms with E-state index in [0.29, 0.717) is 29.3 Å². The van der Waals surface area contributed by atoms with Crippen molar-refractivity contribution in [3.8, 4) is 34.5 Å². The Bertz CT molecular complexity index is 1450.